The van der Waals surface area contributed by atoms with Crippen LogP contribution in [-0.4, -0.2) is 0 Å². The molecule has 5 heteroatoms. The summed E-state index contributed by atoms with van der Waals surface area (Å²) in [5, 5.41) is 0.943. The highest BCUT2D eigenvalue weighted by Gasteiger charge is 2.01. The van der Waals surface area contributed by atoms with Crippen molar-refractivity contribution in [1.29, 1.82) is 0 Å². The SMILES string of the molecule is Cl.Nc1c(Cl)cc(Br)cc1Cl. The lowest BCUT2D eigenvalue weighted by atomic mass is 10.3. The topological polar surface area (TPSA) is 26.0 Å². The molecule has 0 atom stereocenters. The standard InChI is InChI=1S/C6H4BrCl2N.ClH/c7-3-1-4(8)6(10)5(9)2-3;/h1-2H,10H2;1H. The highest BCUT2D eigenvalue weighted by molar-refractivity contribution is 9.10. The van der Waals surface area contributed by atoms with Crippen molar-refractivity contribution >= 4 is 57.2 Å². The average molecular weight is 277 g/mol. The van der Waals surface area contributed by atoms with Crippen LogP contribution in [0.5, 0.6) is 0 Å². The maximum absolute atomic E-state index is 5.68. The summed E-state index contributed by atoms with van der Waals surface area (Å²) in [6.07, 6.45) is 0. The third kappa shape index (κ3) is 2.71. The molecule has 11 heavy (non-hydrogen) atoms. The van der Waals surface area contributed by atoms with Crippen LogP contribution in [0, 0.1) is 0 Å². The van der Waals surface area contributed by atoms with E-state index in [1.165, 1.54) is 0 Å². The highest BCUT2D eigenvalue weighted by atomic mass is 79.9. The monoisotopic (exact) mass is 275 g/mol. The lowest BCUT2D eigenvalue weighted by molar-refractivity contribution is 1.63. The van der Waals surface area contributed by atoms with Crippen LogP contribution >= 0.6 is 51.5 Å². The summed E-state index contributed by atoms with van der Waals surface area (Å²) in [7, 11) is 0. The third-order valence-corrected chi connectivity index (χ3v) is 2.13. The summed E-state index contributed by atoms with van der Waals surface area (Å²) in [4.78, 5) is 0. The Kier molecular flexibility index (Phi) is 4.56. The number of nitrogen functional groups attached to an aromatic ring is 1. The molecule has 1 aromatic rings. The van der Waals surface area contributed by atoms with Gasteiger partial charge in [0.1, 0.15) is 0 Å². The molecule has 0 spiro atoms. The van der Waals surface area contributed by atoms with Gasteiger partial charge in [-0.15, -0.1) is 12.4 Å². The van der Waals surface area contributed by atoms with Crippen molar-refractivity contribution in [3.63, 3.8) is 0 Å². The molecular formula is C6H5BrCl3N. The Labute approximate surface area is 89.4 Å². The second-order valence-electron chi connectivity index (χ2n) is 1.78. The van der Waals surface area contributed by atoms with Crippen molar-refractivity contribution in [2.24, 2.45) is 0 Å². The van der Waals surface area contributed by atoms with Gasteiger partial charge < -0.3 is 5.73 Å². The van der Waals surface area contributed by atoms with E-state index in [2.05, 4.69) is 15.9 Å². The largest absolute Gasteiger partial charge is 0.396 e. The summed E-state index contributed by atoms with van der Waals surface area (Å²) in [6.45, 7) is 0. The van der Waals surface area contributed by atoms with E-state index in [-0.39, 0.29) is 12.4 Å². The van der Waals surface area contributed by atoms with E-state index < -0.39 is 0 Å². The zero-order valence-electron chi connectivity index (χ0n) is 5.27. The van der Waals surface area contributed by atoms with E-state index in [1.807, 2.05) is 0 Å². The molecule has 2 N–H and O–H groups in total. The smallest absolute Gasteiger partial charge is 0.0693 e. The van der Waals surface area contributed by atoms with Gasteiger partial charge in [-0.3, -0.25) is 0 Å². The molecule has 0 saturated carbocycles. The van der Waals surface area contributed by atoms with E-state index in [0.29, 0.717) is 15.7 Å². The van der Waals surface area contributed by atoms with Gasteiger partial charge in [-0.25, -0.2) is 0 Å². The predicted molar refractivity (Wildman–Crippen MR) is 55.8 cm³/mol. The van der Waals surface area contributed by atoms with Crippen LogP contribution in [0.2, 0.25) is 10.0 Å². The van der Waals surface area contributed by atoms with E-state index in [1.54, 1.807) is 12.1 Å². The fraction of sp³-hybridized carbons (Fsp3) is 0. The third-order valence-electron chi connectivity index (χ3n) is 1.04. The van der Waals surface area contributed by atoms with Gasteiger partial charge in [0.05, 0.1) is 15.7 Å². The molecule has 0 unspecified atom stereocenters. The molecule has 0 amide bonds. The van der Waals surface area contributed by atoms with Crippen LogP contribution in [0.1, 0.15) is 0 Å². The second kappa shape index (κ2) is 4.41. The summed E-state index contributed by atoms with van der Waals surface area (Å²) in [5.74, 6) is 0. The predicted octanol–water partition coefficient (Wildman–Crippen LogP) is 3.76. The van der Waals surface area contributed by atoms with Gasteiger partial charge in [0, 0.05) is 4.47 Å². The van der Waals surface area contributed by atoms with Crippen LogP contribution in [-0.2, 0) is 0 Å². The molecule has 0 aromatic heterocycles. The molecule has 0 aliphatic heterocycles. The minimum Gasteiger partial charge on any atom is -0.396 e. The minimum atomic E-state index is 0. The van der Waals surface area contributed by atoms with Gasteiger partial charge in [-0.1, -0.05) is 39.1 Å². The molecule has 1 nitrogen and oxygen atoms in total. The second-order valence-corrected chi connectivity index (χ2v) is 3.51. The first-order valence-electron chi connectivity index (χ1n) is 2.51. The molecular weight excluding hydrogens is 272 g/mol. The zero-order valence-corrected chi connectivity index (χ0v) is 9.19. The lowest BCUT2D eigenvalue weighted by Gasteiger charge is -2.00. The number of anilines is 1. The quantitative estimate of drug-likeness (QED) is 0.718. The van der Waals surface area contributed by atoms with E-state index in [9.17, 15) is 0 Å². The van der Waals surface area contributed by atoms with Gasteiger partial charge >= 0.3 is 0 Å². The molecule has 0 radical (unpaired) electrons. The van der Waals surface area contributed by atoms with Crippen molar-refractivity contribution in [3.05, 3.63) is 26.7 Å². The van der Waals surface area contributed by atoms with Crippen LogP contribution in [0.15, 0.2) is 16.6 Å². The molecule has 62 valence electrons. The molecule has 0 saturated heterocycles. The summed E-state index contributed by atoms with van der Waals surface area (Å²) in [5.41, 5.74) is 5.89. The molecule has 0 heterocycles. The Morgan fingerprint density at radius 1 is 1.18 bits per heavy atom. The number of hydrogen-bond acceptors (Lipinski definition) is 1. The molecule has 1 aromatic carbocycles. The van der Waals surface area contributed by atoms with Gasteiger partial charge in [0.25, 0.3) is 0 Å². The first kappa shape index (κ1) is 11.4. The Balaban J connectivity index is 0.000001000. The van der Waals surface area contributed by atoms with Crippen molar-refractivity contribution in [1.82, 2.24) is 0 Å². The first-order chi connectivity index (χ1) is 4.61. The summed E-state index contributed by atoms with van der Waals surface area (Å²) in [6, 6.07) is 3.39. The summed E-state index contributed by atoms with van der Waals surface area (Å²) >= 11 is 14.6. The van der Waals surface area contributed by atoms with Crippen LogP contribution < -0.4 is 5.73 Å². The normalized spacial score (nSPS) is 9.00. The van der Waals surface area contributed by atoms with Crippen LogP contribution in [0.3, 0.4) is 0 Å². The van der Waals surface area contributed by atoms with Gasteiger partial charge in [0.2, 0.25) is 0 Å². The van der Waals surface area contributed by atoms with Gasteiger partial charge in [-0.2, -0.15) is 0 Å². The van der Waals surface area contributed by atoms with Crippen molar-refractivity contribution < 1.29 is 0 Å². The van der Waals surface area contributed by atoms with Gasteiger partial charge in [0.15, 0.2) is 0 Å². The van der Waals surface area contributed by atoms with Crippen LogP contribution in [0.4, 0.5) is 5.69 Å². The first-order valence-corrected chi connectivity index (χ1v) is 4.06. The molecule has 0 aliphatic carbocycles. The molecule has 0 aliphatic rings. The number of benzene rings is 1. The zero-order chi connectivity index (χ0) is 7.72. The lowest BCUT2D eigenvalue weighted by Crippen LogP contribution is -1.86. The van der Waals surface area contributed by atoms with E-state index in [0.717, 1.165) is 4.47 Å². The summed E-state index contributed by atoms with van der Waals surface area (Å²) < 4.78 is 0.830. The van der Waals surface area contributed by atoms with Gasteiger partial charge in [-0.05, 0) is 12.1 Å². The minimum absolute atomic E-state index is 0. The number of hydrogen-bond donors (Lipinski definition) is 1. The maximum atomic E-state index is 5.68. The van der Waals surface area contributed by atoms with Crippen LogP contribution in [0.25, 0.3) is 0 Å². The molecule has 1 rings (SSSR count). The Hall–Kier alpha value is 0.370. The van der Waals surface area contributed by atoms with E-state index >= 15 is 0 Å². The molecule has 0 bridgehead atoms. The maximum Gasteiger partial charge on any atom is 0.0693 e. The van der Waals surface area contributed by atoms with Crippen molar-refractivity contribution in [2.45, 2.75) is 0 Å². The fourth-order valence-corrected chi connectivity index (χ4v) is 1.76. The van der Waals surface area contributed by atoms with E-state index in [4.69, 9.17) is 28.9 Å². The number of rotatable bonds is 0. The Morgan fingerprint density at radius 3 is 1.91 bits per heavy atom. The van der Waals surface area contributed by atoms with Crippen molar-refractivity contribution in [3.8, 4) is 0 Å². The Bertz CT molecular complexity index is 241. The number of halogens is 4. The van der Waals surface area contributed by atoms with Crippen molar-refractivity contribution in [2.75, 3.05) is 5.73 Å². The molecule has 0 fully saturated rings. The average Bonchev–Trinajstić information content (AvgIpc) is 1.82. The Morgan fingerprint density at radius 2 is 1.55 bits per heavy atom. The number of nitrogens with two attached hydrogens (primary N) is 1. The highest BCUT2D eigenvalue weighted by Crippen LogP contribution is 2.30. The fourth-order valence-electron chi connectivity index (χ4n) is 0.553.